The minimum Gasteiger partial charge on any atom is -0.310 e. The fourth-order valence-corrected chi connectivity index (χ4v) is 12.3. The van der Waals surface area contributed by atoms with Gasteiger partial charge < -0.3 is 4.90 Å². The third-order valence-corrected chi connectivity index (χ3v) is 15.9. The Kier molecular flexibility index (Phi) is 10.6. The van der Waals surface area contributed by atoms with Crippen LogP contribution in [0.2, 0.25) is 0 Å². The van der Waals surface area contributed by atoms with Crippen molar-refractivity contribution in [2.45, 2.75) is 38.5 Å². The molecule has 0 heterocycles. The smallest absolute Gasteiger partial charge is 0.0540 e. The lowest BCUT2D eigenvalue weighted by Gasteiger charge is -2.29. The van der Waals surface area contributed by atoms with Crippen LogP contribution in [-0.4, -0.2) is 0 Å². The van der Waals surface area contributed by atoms with E-state index in [1.165, 1.54) is 100 Å². The van der Waals surface area contributed by atoms with Gasteiger partial charge in [0.05, 0.1) is 5.69 Å². The summed E-state index contributed by atoms with van der Waals surface area (Å²) in [5, 5.41) is 0. The van der Waals surface area contributed by atoms with E-state index in [2.05, 4.69) is 293 Å². The molecule has 2 aliphatic rings. The largest absolute Gasteiger partial charge is 0.310 e. The van der Waals surface area contributed by atoms with Gasteiger partial charge in [0.25, 0.3) is 0 Å². The molecule has 0 amide bonds. The van der Waals surface area contributed by atoms with Gasteiger partial charge in [-0.2, -0.15) is 0 Å². The second-order valence-corrected chi connectivity index (χ2v) is 20.8. The van der Waals surface area contributed by atoms with E-state index in [1.54, 1.807) is 0 Å². The second kappa shape index (κ2) is 17.5. The Morgan fingerprint density at radius 1 is 0.233 bits per heavy atom. The standard InChI is InChI=1S/C72H55N/c1-71(2)66-31-16-13-27-60(66)62-45-38-52(47-68(62)71)48-34-40-54(41-35-48)73(69-33-18-15-25-58(69)53-39-44-57(49-20-7-5-8-21-49)65(46-53)50-22-9-6-10-23-50)55-42-36-51(37-43-55)56-24-11-12-26-59(56)63-29-19-30-64-61-28-14-17-32-67(61)72(3,4)70(63)64/h5-47H,1-4H3. The lowest BCUT2D eigenvalue weighted by Crippen LogP contribution is -2.16. The van der Waals surface area contributed by atoms with E-state index < -0.39 is 0 Å². The molecule has 0 aromatic heterocycles. The summed E-state index contributed by atoms with van der Waals surface area (Å²) in [6.07, 6.45) is 0. The van der Waals surface area contributed by atoms with Gasteiger partial charge in [-0.05, 0) is 148 Å². The molecule has 0 atom stereocenters. The fourth-order valence-electron chi connectivity index (χ4n) is 12.3. The zero-order valence-corrected chi connectivity index (χ0v) is 41.8. The van der Waals surface area contributed by atoms with Crippen LogP contribution < -0.4 is 4.90 Å². The van der Waals surface area contributed by atoms with E-state index in [1.807, 2.05) is 0 Å². The second-order valence-electron chi connectivity index (χ2n) is 20.8. The van der Waals surface area contributed by atoms with Crippen molar-refractivity contribution in [3.63, 3.8) is 0 Å². The van der Waals surface area contributed by atoms with Gasteiger partial charge in [-0.25, -0.2) is 0 Å². The highest BCUT2D eigenvalue weighted by molar-refractivity contribution is 5.96. The first-order valence-corrected chi connectivity index (χ1v) is 25.7. The third kappa shape index (κ3) is 7.38. The Morgan fingerprint density at radius 2 is 0.644 bits per heavy atom. The summed E-state index contributed by atoms with van der Waals surface area (Å²) in [6, 6.07) is 96.5. The Hall–Kier alpha value is -8.78. The molecule has 11 aromatic rings. The maximum Gasteiger partial charge on any atom is 0.0540 e. The van der Waals surface area contributed by atoms with Gasteiger partial charge >= 0.3 is 0 Å². The van der Waals surface area contributed by atoms with Crippen molar-refractivity contribution in [3.05, 3.63) is 283 Å². The molecular formula is C72H55N. The van der Waals surface area contributed by atoms with Gasteiger partial charge in [0, 0.05) is 27.8 Å². The Morgan fingerprint density at radius 3 is 1.30 bits per heavy atom. The normalized spacial score (nSPS) is 13.4. The van der Waals surface area contributed by atoms with Crippen LogP contribution in [0, 0.1) is 0 Å². The van der Waals surface area contributed by atoms with Crippen molar-refractivity contribution in [1.82, 2.24) is 0 Å². The van der Waals surface area contributed by atoms with Crippen molar-refractivity contribution in [3.8, 4) is 89.0 Å². The number of anilines is 3. The summed E-state index contributed by atoms with van der Waals surface area (Å²) in [5.41, 5.74) is 28.5. The molecule has 0 fully saturated rings. The molecular weight excluding hydrogens is 879 g/mol. The van der Waals surface area contributed by atoms with Crippen molar-refractivity contribution in [2.24, 2.45) is 0 Å². The predicted octanol–water partition coefficient (Wildman–Crippen LogP) is 19.8. The minimum atomic E-state index is -0.129. The zero-order valence-electron chi connectivity index (χ0n) is 41.8. The van der Waals surface area contributed by atoms with Gasteiger partial charge in [0.1, 0.15) is 0 Å². The average Bonchev–Trinajstić information content (AvgIpc) is 3.83. The number of rotatable bonds is 9. The molecule has 0 N–H and O–H groups in total. The van der Waals surface area contributed by atoms with Gasteiger partial charge in [-0.15, -0.1) is 0 Å². The summed E-state index contributed by atoms with van der Waals surface area (Å²) in [4.78, 5) is 2.44. The van der Waals surface area contributed by atoms with Crippen molar-refractivity contribution in [2.75, 3.05) is 4.90 Å². The summed E-state index contributed by atoms with van der Waals surface area (Å²) in [6.45, 7) is 9.47. The highest BCUT2D eigenvalue weighted by atomic mass is 15.1. The molecule has 0 saturated carbocycles. The quantitative estimate of drug-likeness (QED) is 0.139. The Balaban J connectivity index is 0.931. The maximum atomic E-state index is 2.44. The van der Waals surface area contributed by atoms with Crippen LogP contribution in [0.15, 0.2) is 261 Å². The summed E-state index contributed by atoms with van der Waals surface area (Å²) in [5.74, 6) is 0. The SMILES string of the molecule is CC1(C)c2ccccc2-c2ccc(-c3ccc(N(c4ccc(-c5ccccc5-c5cccc6c5C(C)(C)c5ccccc5-6)cc4)c4ccccc4-c4ccc(-c5ccccc5)c(-c5ccccc5)c4)cc3)cc21. The first kappa shape index (κ1) is 44.2. The molecule has 0 aliphatic heterocycles. The van der Waals surface area contributed by atoms with Crippen LogP contribution >= 0.6 is 0 Å². The van der Waals surface area contributed by atoms with E-state index in [4.69, 9.17) is 0 Å². The molecule has 348 valence electrons. The molecule has 73 heavy (non-hydrogen) atoms. The number of hydrogen-bond donors (Lipinski definition) is 0. The number of hydrogen-bond acceptors (Lipinski definition) is 1. The third-order valence-electron chi connectivity index (χ3n) is 15.9. The molecule has 11 aromatic carbocycles. The topological polar surface area (TPSA) is 3.24 Å². The van der Waals surface area contributed by atoms with Crippen LogP contribution in [0.4, 0.5) is 17.1 Å². The van der Waals surface area contributed by atoms with Crippen LogP contribution in [0.25, 0.3) is 89.0 Å². The molecule has 0 radical (unpaired) electrons. The van der Waals surface area contributed by atoms with Crippen molar-refractivity contribution < 1.29 is 0 Å². The average molecular weight is 934 g/mol. The van der Waals surface area contributed by atoms with Crippen LogP contribution in [0.3, 0.4) is 0 Å². The van der Waals surface area contributed by atoms with Gasteiger partial charge in [0.2, 0.25) is 0 Å². The molecule has 0 unspecified atom stereocenters. The summed E-state index contributed by atoms with van der Waals surface area (Å²) < 4.78 is 0. The van der Waals surface area contributed by atoms with Crippen LogP contribution in [0.5, 0.6) is 0 Å². The molecule has 0 spiro atoms. The number of para-hydroxylation sites is 1. The van der Waals surface area contributed by atoms with E-state index in [9.17, 15) is 0 Å². The maximum absolute atomic E-state index is 2.44. The van der Waals surface area contributed by atoms with Gasteiger partial charge in [-0.1, -0.05) is 246 Å². The van der Waals surface area contributed by atoms with E-state index in [0.717, 1.165) is 28.2 Å². The first-order chi connectivity index (χ1) is 35.7. The lowest BCUT2D eigenvalue weighted by atomic mass is 9.78. The van der Waals surface area contributed by atoms with Gasteiger partial charge in [-0.3, -0.25) is 0 Å². The highest BCUT2D eigenvalue weighted by Crippen LogP contribution is 2.54. The molecule has 1 heteroatoms. The molecule has 1 nitrogen and oxygen atoms in total. The molecule has 2 aliphatic carbocycles. The van der Waals surface area contributed by atoms with Crippen LogP contribution in [-0.2, 0) is 10.8 Å². The zero-order chi connectivity index (χ0) is 49.3. The first-order valence-electron chi connectivity index (χ1n) is 25.7. The Bertz CT molecular complexity index is 3880. The number of benzene rings is 11. The fraction of sp³-hybridized carbons (Fsp3) is 0.0833. The van der Waals surface area contributed by atoms with E-state index in [0.29, 0.717) is 0 Å². The minimum absolute atomic E-state index is 0.0711. The molecule has 0 bridgehead atoms. The monoisotopic (exact) mass is 933 g/mol. The molecule has 13 rings (SSSR count). The number of fused-ring (bicyclic) bond motifs is 6. The highest BCUT2D eigenvalue weighted by Gasteiger charge is 2.38. The van der Waals surface area contributed by atoms with E-state index in [-0.39, 0.29) is 10.8 Å². The predicted molar refractivity (Wildman–Crippen MR) is 309 cm³/mol. The van der Waals surface area contributed by atoms with Crippen molar-refractivity contribution >= 4 is 17.1 Å². The number of nitrogens with zero attached hydrogens (tertiary/aromatic N) is 1. The van der Waals surface area contributed by atoms with Gasteiger partial charge in [0.15, 0.2) is 0 Å². The summed E-state index contributed by atoms with van der Waals surface area (Å²) in [7, 11) is 0. The summed E-state index contributed by atoms with van der Waals surface area (Å²) >= 11 is 0. The molecule has 0 saturated heterocycles. The Labute approximate surface area is 430 Å². The van der Waals surface area contributed by atoms with E-state index >= 15 is 0 Å². The van der Waals surface area contributed by atoms with Crippen LogP contribution in [0.1, 0.15) is 49.9 Å². The lowest BCUT2D eigenvalue weighted by molar-refractivity contribution is 0.660. The van der Waals surface area contributed by atoms with Crippen molar-refractivity contribution in [1.29, 1.82) is 0 Å².